The van der Waals surface area contributed by atoms with Crippen molar-refractivity contribution in [3.05, 3.63) is 52.0 Å². The normalized spacial score (nSPS) is 19.4. The number of anilines is 1. The maximum Gasteiger partial charge on any atom is 0.223 e. The topological polar surface area (TPSA) is 59.4 Å². The van der Waals surface area contributed by atoms with Gasteiger partial charge in [-0.05, 0) is 50.5 Å². The fraction of sp³-hybridized carbons (Fsp3) is 0.440. The summed E-state index contributed by atoms with van der Waals surface area (Å²) >= 11 is 12.6. The molecule has 33 heavy (non-hydrogen) atoms. The van der Waals surface area contributed by atoms with Crippen molar-refractivity contribution in [3.8, 4) is 5.69 Å². The summed E-state index contributed by atoms with van der Waals surface area (Å²) in [7, 11) is 0. The van der Waals surface area contributed by atoms with Gasteiger partial charge in [0.05, 0.1) is 27.7 Å². The first-order chi connectivity index (χ1) is 16.0. The smallest absolute Gasteiger partial charge is 0.223 e. The highest BCUT2D eigenvalue weighted by molar-refractivity contribution is 6.42. The molecule has 174 valence electrons. The lowest BCUT2D eigenvalue weighted by Gasteiger charge is -2.32. The molecule has 0 spiro atoms. The molecule has 1 unspecified atom stereocenters. The van der Waals surface area contributed by atoms with E-state index >= 15 is 0 Å². The Morgan fingerprint density at radius 2 is 1.85 bits per heavy atom. The van der Waals surface area contributed by atoms with Crippen LogP contribution >= 0.6 is 23.2 Å². The van der Waals surface area contributed by atoms with Crippen molar-refractivity contribution >= 4 is 46.1 Å². The fourth-order valence-corrected chi connectivity index (χ4v) is 5.01. The lowest BCUT2D eigenvalue weighted by Crippen LogP contribution is -2.42. The molecule has 1 N–H and O–H groups in total. The highest BCUT2D eigenvalue weighted by Crippen LogP contribution is 2.34. The molecule has 2 fully saturated rings. The molecule has 2 saturated heterocycles. The van der Waals surface area contributed by atoms with Gasteiger partial charge in [0.25, 0.3) is 0 Å². The van der Waals surface area contributed by atoms with Crippen LogP contribution in [-0.2, 0) is 9.53 Å². The van der Waals surface area contributed by atoms with Crippen LogP contribution in [0, 0.1) is 18.8 Å². The first-order valence-corrected chi connectivity index (χ1v) is 12.3. The molecule has 8 heteroatoms. The first kappa shape index (κ1) is 22.5. The van der Waals surface area contributed by atoms with Gasteiger partial charge < -0.3 is 15.0 Å². The maximum absolute atomic E-state index is 12.7. The number of fused-ring (bicyclic) bond motifs is 1. The number of aromatic nitrogens is 2. The van der Waals surface area contributed by atoms with Crippen LogP contribution in [0.25, 0.3) is 16.7 Å². The molecular formula is C25H28Cl2N4O2. The molecule has 0 saturated carbocycles. The van der Waals surface area contributed by atoms with E-state index in [1.807, 2.05) is 12.1 Å². The Morgan fingerprint density at radius 1 is 1.12 bits per heavy atom. The minimum Gasteiger partial charge on any atom is -0.381 e. The highest BCUT2D eigenvalue weighted by Gasteiger charge is 2.29. The Morgan fingerprint density at radius 3 is 2.55 bits per heavy atom. The Balaban J connectivity index is 1.37. The highest BCUT2D eigenvalue weighted by atomic mass is 35.5. The van der Waals surface area contributed by atoms with Crippen molar-refractivity contribution < 1.29 is 9.53 Å². The number of benzene rings is 2. The second-order valence-corrected chi connectivity index (χ2v) is 9.89. The molecule has 2 aliphatic rings. The summed E-state index contributed by atoms with van der Waals surface area (Å²) in [6.45, 7) is 5.87. The van der Waals surface area contributed by atoms with E-state index in [-0.39, 0.29) is 11.8 Å². The van der Waals surface area contributed by atoms with Crippen molar-refractivity contribution in [1.29, 1.82) is 0 Å². The lowest BCUT2D eigenvalue weighted by atomic mass is 9.96. The zero-order chi connectivity index (χ0) is 22.9. The van der Waals surface area contributed by atoms with Crippen LogP contribution in [0.2, 0.25) is 10.0 Å². The van der Waals surface area contributed by atoms with Gasteiger partial charge in [-0.1, -0.05) is 40.9 Å². The van der Waals surface area contributed by atoms with Crippen molar-refractivity contribution in [1.82, 2.24) is 14.9 Å². The molecule has 0 aliphatic carbocycles. The number of imidazole rings is 1. The minimum atomic E-state index is 0.0321. The molecule has 5 rings (SSSR count). The fourth-order valence-electron chi connectivity index (χ4n) is 4.70. The predicted octanol–water partition coefficient (Wildman–Crippen LogP) is 5.01. The second kappa shape index (κ2) is 9.53. The molecule has 1 atom stereocenters. The average Bonchev–Trinajstić information content (AvgIpc) is 3.47. The Labute approximate surface area is 203 Å². The summed E-state index contributed by atoms with van der Waals surface area (Å²) < 4.78 is 7.54. The molecule has 1 amide bonds. The van der Waals surface area contributed by atoms with Gasteiger partial charge in [0.2, 0.25) is 11.9 Å². The molecule has 0 radical (unpaired) electrons. The van der Waals surface area contributed by atoms with Crippen LogP contribution in [0.3, 0.4) is 0 Å². The van der Waals surface area contributed by atoms with Crippen molar-refractivity contribution in [3.63, 3.8) is 0 Å². The number of piperidine rings is 1. The summed E-state index contributed by atoms with van der Waals surface area (Å²) in [5.41, 5.74) is 3.94. The van der Waals surface area contributed by atoms with Gasteiger partial charge in [-0.15, -0.1) is 0 Å². The standard InChI is InChI=1S/C25H28Cl2N4O2/c1-16-2-4-19(5-3-16)31-23-13-21(27)20(26)12-22(23)29-25(31)30-9-6-18(7-10-30)24(32)28-14-17-8-11-33-15-17/h2-5,12-13,17-18H,6-11,14-15H2,1H3,(H,28,32). The van der Waals surface area contributed by atoms with Crippen molar-refractivity contribution in [2.45, 2.75) is 26.2 Å². The number of hydrogen-bond acceptors (Lipinski definition) is 4. The number of rotatable bonds is 5. The molecule has 0 bridgehead atoms. The van der Waals surface area contributed by atoms with E-state index in [0.29, 0.717) is 22.5 Å². The van der Waals surface area contributed by atoms with E-state index in [9.17, 15) is 4.79 Å². The van der Waals surface area contributed by atoms with E-state index < -0.39 is 0 Å². The Kier molecular flexibility index (Phi) is 6.50. The molecule has 3 aromatic rings. The summed E-state index contributed by atoms with van der Waals surface area (Å²) in [4.78, 5) is 19.9. The third kappa shape index (κ3) is 4.70. The van der Waals surface area contributed by atoms with Crippen LogP contribution in [0.4, 0.5) is 5.95 Å². The van der Waals surface area contributed by atoms with Gasteiger partial charge in [0.15, 0.2) is 0 Å². The van der Waals surface area contributed by atoms with Crippen LogP contribution in [0.15, 0.2) is 36.4 Å². The zero-order valence-corrected chi connectivity index (χ0v) is 20.2. The Bertz CT molecular complexity index is 1150. The zero-order valence-electron chi connectivity index (χ0n) is 18.7. The monoisotopic (exact) mass is 486 g/mol. The summed E-state index contributed by atoms with van der Waals surface area (Å²) in [5, 5.41) is 4.14. The minimum absolute atomic E-state index is 0.0321. The van der Waals surface area contributed by atoms with E-state index in [1.165, 1.54) is 5.56 Å². The molecule has 1 aromatic heterocycles. The number of ether oxygens (including phenoxy) is 1. The van der Waals surface area contributed by atoms with E-state index in [1.54, 1.807) is 0 Å². The first-order valence-electron chi connectivity index (χ1n) is 11.5. The van der Waals surface area contributed by atoms with Crippen molar-refractivity contribution in [2.24, 2.45) is 11.8 Å². The largest absolute Gasteiger partial charge is 0.381 e. The van der Waals surface area contributed by atoms with Gasteiger partial charge >= 0.3 is 0 Å². The SMILES string of the molecule is Cc1ccc(-n2c(N3CCC(C(=O)NCC4CCOC4)CC3)nc3cc(Cl)c(Cl)cc32)cc1. The third-order valence-electron chi connectivity index (χ3n) is 6.71. The number of carbonyl (C=O) groups is 1. The molecular weight excluding hydrogens is 459 g/mol. The van der Waals surface area contributed by atoms with Gasteiger partial charge in [0, 0.05) is 43.8 Å². The van der Waals surface area contributed by atoms with Gasteiger partial charge in [-0.3, -0.25) is 9.36 Å². The molecule has 2 aromatic carbocycles. The van der Waals surface area contributed by atoms with E-state index in [2.05, 4.69) is 46.0 Å². The van der Waals surface area contributed by atoms with Crippen LogP contribution in [-0.4, -0.2) is 48.3 Å². The second-order valence-electron chi connectivity index (χ2n) is 9.07. The lowest BCUT2D eigenvalue weighted by molar-refractivity contribution is -0.125. The van der Waals surface area contributed by atoms with Crippen LogP contribution in [0.1, 0.15) is 24.8 Å². The average molecular weight is 487 g/mol. The number of amides is 1. The van der Waals surface area contributed by atoms with Crippen LogP contribution < -0.4 is 10.2 Å². The number of carbonyl (C=O) groups excluding carboxylic acids is 1. The summed E-state index contributed by atoms with van der Waals surface area (Å²) in [6, 6.07) is 12.1. The van der Waals surface area contributed by atoms with Gasteiger partial charge in [-0.2, -0.15) is 0 Å². The predicted molar refractivity (Wildman–Crippen MR) is 133 cm³/mol. The number of nitrogens with zero attached hydrogens (tertiary/aromatic N) is 3. The van der Waals surface area contributed by atoms with E-state index in [4.69, 9.17) is 32.9 Å². The molecule has 6 nitrogen and oxygen atoms in total. The quantitative estimate of drug-likeness (QED) is 0.550. The molecule has 3 heterocycles. The number of nitrogens with one attached hydrogen (secondary N) is 1. The molecule has 2 aliphatic heterocycles. The number of aryl methyl sites for hydroxylation is 1. The number of halogens is 2. The summed E-state index contributed by atoms with van der Waals surface area (Å²) in [5.74, 6) is 1.49. The Hall–Kier alpha value is -2.28. The van der Waals surface area contributed by atoms with E-state index in [0.717, 1.165) is 68.2 Å². The third-order valence-corrected chi connectivity index (χ3v) is 7.43. The van der Waals surface area contributed by atoms with Crippen molar-refractivity contribution in [2.75, 3.05) is 37.7 Å². The number of hydrogen-bond donors (Lipinski definition) is 1. The summed E-state index contributed by atoms with van der Waals surface area (Å²) in [6.07, 6.45) is 2.62. The van der Waals surface area contributed by atoms with Crippen LogP contribution in [0.5, 0.6) is 0 Å². The van der Waals surface area contributed by atoms with Gasteiger partial charge in [0.1, 0.15) is 0 Å². The van der Waals surface area contributed by atoms with Gasteiger partial charge in [-0.25, -0.2) is 4.98 Å². The maximum atomic E-state index is 12.7.